The van der Waals surface area contributed by atoms with Crippen LogP contribution in [0.3, 0.4) is 0 Å². The average Bonchev–Trinajstić information content (AvgIpc) is 2.61. The molecule has 0 unspecified atom stereocenters. The standard InChI is InChI=1S/C16H21BrN2O6S/c1-3-25-16(21)19-8-6-11(7-9-19)18-26(22,23)12-4-5-14(17)13(10-12)15(20)24-2/h4-5,10-11,18H,3,6-9H2,1-2H3. The smallest absolute Gasteiger partial charge is 0.409 e. The number of nitrogens with zero attached hydrogens (tertiary/aromatic N) is 1. The minimum Gasteiger partial charge on any atom is -0.465 e. The molecule has 0 saturated carbocycles. The molecule has 1 amide bonds. The maximum atomic E-state index is 12.6. The number of hydrogen-bond acceptors (Lipinski definition) is 6. The SMILES string of the molecule is CCOC(=O)N1CCC(NS(=O)(=O)c2ccc(Br)c(C(=O)OC)c2)CC1. The lowest BCUT2D eigenvalue weighted by Crippen LogP contribution is -2.46. The molecule has 144 valence electrons. The zero-order valence-electron chi connectivity index (χ0n) is 14.5. The van der Waals surface area contributed by atoms with E-state index in [1.54, 1.807) is 11.8 Å². The summed E-state index contributed by atoms with van der Waals surface area (Å²) in [6.07, 6.45) is 0.584. The second-order valence-corrected chi connectivity index (χ2v) is 8.28. The Morgan fingerprint density at radius 2 is 1.96 bits per heavy atom. The van der Waals surface area contributed by atoms with E-state index in [9.17, 15) is 18.0 Å². The van der Waals surface area contributed by atoms with Crippen molar-refractivity contribution in [1.29, 1.82) is 0 Å². The summed E-state index contributed by atoms with van der Waals surface area (Å²) >= 11 is 3.20. The van der Waals surface area contributed by atoms with Crippen molar-refractivity contribution in [2.24, 2.45) is 0 Å². The van der Waals surface area contributed by atoms with Crippen LogP contribution in [0.5, 0.6) is 0 Å². The summed E-state index contributed by atoms with van der Waals surface area (Å²) in [5.74, 6) is -0.628. The van der Waals surface area contributed by atoms with Crippen LogP contribution in [0, 0.1) is 0 Å². The molecule has 1 aliphatic heterocycles. The van der Waals surface area contributed by atoms with Gasteiger partial charge in [0.05, 0.1) is 24.2 Å². The largest absolute Gasteiger partial charge is 0.465 e. The van der Waals surface area contributed by atoms with E-state index >= 15 is 0 Å². The third kappa shape index (κ3) is 4.95. The van der Waals surface area contributed by atoms with Gasteiger partial charge in [-0.1, -0.05) is 0 Å². The van der Waals surface area contributed by atoms with Crippen molar-refractivity contribution in [3.63, 3.8) is 0 Å². The Labute approximate surface area is 161 Å². The van der Waals surface area contributed by atoms with Gasteiger partial charge in [-0.25, -0.2) is 22.7 Å². The van der Waals surface area contributed by atoms with Gasteiger partial charge < -0.3 is 14.4 Å². The fourth-order valence-corrected chi connectivity index (χ4v) is 4.36. The van der Waals surface area contributed by atoms with Gasteiger partial charge in [-0.05, 0) is 53.9 Å². The lowest BCUT2D eigenvalue weighted by atomic mass is 10.1. The van der Waals surface area contributed by atoms with Crippen LogP contribution in [-0.4, -0.2) is 58.2 Å². The summed E-state index contributed by atoms with van der Waals surface area (Å²) in [5.41, 5.74) is 0.132. The third-order valence-electron chi connectivity index (χ3n) is 4.00. The van der Waals surface area contributed by atoms with Gasteiger partial charge in [0.15, 0.2) is 0 Å². The first-order valence-electron chi connectivity index (χ1n) is 8.10. The zero-order chi connectivity index (χ0) is 19.3. The van der Waals surface area contributed by atoms with Gasteiger partial charge >= 0.3 is 12.1 Å². The van der Waals surface area contributed by atoms with Crippen molar-refractivity contribution in [2.75, 3.05) is 26.8 Å². The minimum absolute atomic E-state index is 0.0195. The molecule has 0 aromatic heterocycles. The topological polar surface area (TPSA) is 102 Å². The second-order valence-electron chi connectivity index (χ2n) is 5.71. The van der Waals surface area contributed by atoms with Gasteiger partial charge in [0.2, 0.25) is 10.0 Å². The molecule has 10 heteroatoms. The van der Waals surface area contributed by atoms with Crippen LogP contribution in [-0.2, 0) is 19.5 Å². The quantitative estimate of drug-likeness (QED) is 0.692. The van der Waals surface area contributed by atoms with E-state index in [1.807, 2.05) is 0 Å². The number of benzene rings is 1. The molecular formula is C16H21BrN2O6S. The lowest BCUT2D eigenvalue weighted by molar-refractivity contribution is 0.0599. The molecular weight excluding hydrogens is 428 g/mol. The van der Waals surface area contributed by atoms with Crippen LogP contribution in [0.15, 0.2) is 27.6 Å². The Morgan fingerprint density at radius 3 is 2.54 bits per heavy atom. The normalized spacial score (nSPS) is 15.6. The molecule has 1 aromatic carbocycles. The molecule has 0 radical (unpaired) electrons. The minimum atomic E-state index is -3.80. The Balaban J connectivity index is 2.06. The van der Waals surface area contributed by atoms with Crippen LogP contribution in [0.4, 0.5) is 4.79 Å². The Kier molecular flexibility index (Phi) is 7.01. The highest BCUT2D eigenvalue weighted by Crippen LogP contribution is 2.23. The first-order chi connectivity index (χ1) is 12.3. The van der Waals surface area contributed by atoms with Gasteiger partial charge in [0.1, 0.15) is 0 Å². The number of nitrogens with one attached hydrogen (secondary N) is 1. The average molecular weight is 449 g/mol. The predicted molar refractivity (Wildman–Crippen MR) is 97.4 cm³/mol. The molecule has 26 heavy (non-hydrogen) atoms. The number of amides is 1. The van der Waals surface area contributed by atoms with Crippen molar-refractivity contribution in [2.45, 2.75) is 30.7 Å². The number of esters is 1. The number of piperidine rings is 1. The van der Waals surface area contributed by atoms with Crippen LogP contribution in [0.1, 0.15) is 30.1 Å². The zero-order valence-corrected chi connectivity index (χ0v) is 16.9. The highest BCUT2D eigenvalue weighted by molar-refractivity contribution is 9.10. The molecule has 1 aliphatic rings. The third-order valence-corrected chi connectivity index (χ3v) is 6.21. The first kappa shape index (κ1) is 20.7. The Bertz CT molecular complexity index is 775. The van der Waals surface area contributed by atoms with E-state index < -0.39 is 16.0 Å². The summed E-state index contributed by atoms with van der Waals surface area (Å²) < 4.78 is 37.9. The molecule has 1 saturated heterocycles. The number of sulfonamides is 1. The predicted octanol–water partition coefficient (Wildman–Crippen LogP) is 2.13. The van der Waals surface area contributed by atoms with Crippen molar-refractivity contribution in [1.82, 2.24) is 9.62 Å². The van der Waals surface area contributed by atoms with E-state index in [-0.39, 0.29) is 22.6 Å². The van der Waals surface area contributed by atoms with Crippen molar-refractivity contribution < 1.29 is 27.5 Å². The maximum Gasteiger partial charge on any atom is 0.409 e. The number of ether oxygens (including phenoxy) is 2. The van der Waals surface area contributed by atoms with E-state index in [2.05, 4.69) is 25.4 Å². The van der Waals surface area contributed by atoms with Gasteiger partial charge in [-0.15, -0.1) is 0 Å². The summed E-state index contributed by atoms with van der Waals surface area (Å²) in [5, 5.41) is 0. The highest BCUT2D eigenvalue weighted by atomic mass is 79.9. The van der Waals surface area contributed by atoms with Crippen molar-refractivity contribution >= 4 is 38.0 Å². The monoisotopic (exact) mass is 448 g/mol. The molecule has 0 atom stereocenters. The van der Waals surface area contributed by atoms with E-state index in [0.717, 1.165) is 0 Å². The second kappa shape index (κ2) is 8.83. The Morgan fingerprint density at radius 1 is 1.31 bits per heavy atom. The fraction of sp³-hybridized carbons (Fsp3) is 0.500. The Hall–Kier alpha value is -1.65. The fourth-order valence-electron chi connectivity index (χ4n) is 2.62. The summed E-state index contributed by atoms with van der Waals surface area (Å²) in [6.45, 7) is 2.87. The molecule has 0 aliphatic carbocycles. The van der Waals surface area contributed by atoms with Crippen LogP contribution in [0.25, 0.3) is 0 Å². The molecule has 1 heterocycles. The molecule has 0 spiro atoms. The van der Waals surface area contributed by atoms with Gasteiger partial charge in [-0.2, -0.15) is 0 Å². The number of rotatable bonds is 5. The number of hydrogen-bond donors (Lipinski definition) is 1. The van der Waals surface area contributed by atoms with E-state index in [1.165, 1.54) is 25.3 Å². The van der Waals surface area contributed by atoms with Crippen LogP contribution < -0.4 is 4.72 Å². The van der Waals surface area contributed by atoms with Crippen molar-refractivity contribution in [3.05, 3.63) is 28.2 Å². The van der Waals surface area contributed by atoms with Crippen LogP contribution in [0.2, 0.25) is 0 Å². The summed E-state index contributed by atoms with van der Waals surface area (Å²) in [4.78, 5) is 25.0. The van der Waals surface area contributed by atoms with Crippen molar-refractivity contribution in [3.8, 4) is 0 Å². The lowest BCUT2D eigenvalue weighted by Gasteiger charge is -2.31. The molecule has 1 fully saturated rings. The number of likely N-dealkylation sites (tertiary alicyclic amines) is 1. The van der Waals surface area contributed by atoms with Gasteiger partial charge in [0.25, 0.3) is 0 Å². The summed E-state index contributed by atoms with van der Waals surface area (Å²) in [6, 6.07) is 3.87. The number of halogens is 1. The highest BCUT2D eigenvalue weighted by Gasteiger charge is 2.28. The molecule has 1 aromatic rings. The molecule has 8 nitrogen and oxygen atoms in total. The number of carbonyl (C=O) groups is 2. The maximum absolute atomic E-state index is 12.6. The molecule has 2 rings (SSSR count). The van der Waals surface area contributed by atoms with Crippen LogP contribution >= 0.6 is 15.9 Å². The number of methoxy groups -OCH3 is 1. The van der Waals surface area contributed by atoms with Gasteiger partial charge in [0, 0.05) is 23.6 Å². The first-order valence-corrected chi connectivity index (χ1v) is 10.4. The molecule has 1 N–H and O–H groups in total. The van der Waals surface area contributed by atoms with E-state index in [0.29, 0.717) is 37.0 Å². The number of carbonyl (C=O) groups excluding carboxylic acids is 2. The van der Waals surface area contributed by atoms with Gasteiger partial charge in [-0.3, -0.25) is 0 Å². The summed E-state index contributed by atoms with van der Waals surface area (Å²) in [7, 11) is -2.57. The van der Waals surface area contributed by atoms with E-state index in [4.69, 9.17) is 4.74 Å². The molecule has 0 bridgehead atoms.